The first-order valence-corrected chi connectivity index (χ1v) is 9.50. The van der Waals surface area contributed by atoms with Gasteiger partial charge in [0.15, 0.2) is 9.84 Å². The predicted molar refractivity (Wildman–Crippen MR) is 77.0 cm³/mol. The van der Waals surface area contributed by atoms with E-state index < -0.39 is 41.4 Å². The normalized spacial score (nSPS) is 20.7. The van der Waals surface area contributed by atoms with Crippen LogP contribution in [-0.4, -0.2) is 46.4 Å². The smallest absolute Gasteiger partial charge is 0.271 e. The molecule has 1 aliphatic rings. The average molecular weight is 350 g/mol. The molecule has 9 nitrogen and oxygen atoms in total. The lowest BCUT2D eigenvalue weighted by Crippen LogP contribution is -2.35. The summed E-state index contributed by atoms with van der Waals surface area (Å²) in [5.41, 5.74) is -0.403. The maximum absolute atomic E-state index is 12.3. The van der Waals surface area contributed by atoms with Gasteiger partial charge in [-0.1, -0.05) is 0 Å². The number of sulfone groups is 1. The van der Waals surface area contributed by atoms with Crippen molar-refractivity contribution < 1.29 is 26.5 Å². The number of sulfonamides is 1. The van der Waals surface area contributed by atoms with Crippen LogP contribution >= 0.6 is 0 Å². The Bertz CT molecular complexity index is 802. The number of nitro groups is 1. The van der Waals surface area contributed by atoms with E-state index in [0.717, 1.165) is 12.1 Å². The summed E-state index contributed by atoms with van der Waals surface area (Å²) in [5.74, 6) is -0.436. The van der Waals surface area contributed by atoms with E-state index in [9.17, 15) is 26.9 Å². The quantitative estimate of drug-likeness (QED) is 0.587. The second-order valence-electron chi connectivity index (χ2n) is 4.81. The largest absolute Gasteiger partial charge is 0.495 e. The third-order valence-electron chi connectivity index (χ3n) is 3.20. The lowest BCUT2D eigenvalue weighted by molar-refractivity contribution is -0.385. The molecule has 0 amide bonds. The second-order valence-corrected chi connectivity index (χ2v) is 8.72. The Morgan fingerprint density at radius 2 is 2.09 bits per heavy atom. The van der Waals surface area contributed by atoms with Gasteiger partial charge in [0.25, 0.3) is 5.69 Å². The summed E-state index contributed by atoms with van der Waals surface area (Å²) in [6.07, 6.45) is 0.165. The van der Waals surface area contributed by atoms with Crippen LogP contribution in [0.15, 0.2) is 23.1 Å². The third-order valence-corrected chi connectivity index (χ3v) is 6.51. The highest BCUT2D eigenvalue weighted by Crippen LogP contribution is 2.28. The molecule has 1 aromatic carbocycles. The van der Waals surface area contributed by atoms with E-state index in [1.54, 1.807) is 0 Å². The number of rotatable bonds is 5. The molecular formula is C11H14N2O7S2. The number of methoxy groups -OCH3 is 1. The predicted octanol–water partition coefficient (Wildman–Crippen LogP) is 0.0688. The standard InChI is InChI=1S/C11H14N2O7S2/c1-20-10-3-2-9(13(14)15)6-11(10)22(18,19)12-8-4-5-21(16,17)7-8/h2-3,6,8,12H,4-5,7H2,1H3/t8-/m0/s1. The zero-order valence-electron chi connectivity index (χ0n) is 11.6. The van der Waals surface area contributed by atoms with Gasteiger partial charge in [-0.15, -0.1) is 0 Å². The molecule has 0 aromatic heterocycles. The first kappa shape index (κ1) is 16.6. The molecule has 1 aromatic rings. The Morgan fingerprint density at radius 1 is 1.41 bits per heavy atom. The Hall–Kier alpha value is -1.72. The van der Waals surface area contributed by atoms with Gasteiger partial charge in [0.1, 0.15) is 10.6 Å². The molecule has 1 heterocycles. The van der Waals surface area contributed by atoms with Crippen LogP contribution < -0.4 is 9.46 Å². The monoisotopic (exact) mass is 350 g/mol. The minimum atomic E-state index is -4.14. The summed E-state index contributed by atoms with van der Waals surface area (Å²) in [6, 6.07) is 2.43. The zero-order chi connectivity index (χ0) is 16.5. The van der Waals surface area contributed by atoms with Gasteiger partial charge in [-0.05, 0) is 12.5 Å². The number of ether oxygens (including phenoxy) is 1. The molecule has 0 aliphatic carbocycles. The van der Waals surface area contributed by atoms with Crippen molar-refractivity contribution in [3.05, 3.63) is 28.3 Å². The highest BCUT2D eigenvalue weighted by molar-refractivity contribution is 7.92. The van der Waals surface area contributed by atoms with Crippen LogP contribution in [0.5, 0.6) is 5.75 Å². The molecule has 11 heteroatoms. The van der Waals surface area contributed by atoms with Crippen molar-refractivity contribution in [1.29, 1.82) is 0 Å². The van der Waals surface area contributed by atoms with Crippen LogP contribution in [0.25, 0.3) is 0 Å². The van der Waals surface area contributed by atoms with Gasteiger partial charge in [0.05, 0.1) is 23.5 Å². The van der Waals surface area contributed by atoms with Gasteiger partial charge in [-0.3, -0.25) is 10.1 Å². The minimum Gasteiger partial charge on any atom is -0.495 e. The van der Waals surface area contributed by atoms with Gasteiger partial charge < -0.3 is 4.74 Å². The van der Waals surface area contributed by atoms with E-state index in [-0.39, 0.29) is 23.7 Å². The fourth-order valence-corrected chi connectivity index (χ4v) is 5.40. The molecule has 0 spiro atoms. The van der Waals surface area contributed by atoms with E-state index in [1.165, 1.54) is 13.2 Å². The van der Waals surface area contributed by atoms with Crippen molar-refractivity contribution in [2.24, 2.45) is 0 Å². The molecule has 1 saturated heterocycles. The molecular weight excluding hydrogens is 336 g/mol. The van der Waals surface area contributed by atoms with Crippen LogP contribution in [-0.2, 0) is 19.9 Å². The molecule has 0 radical (unpaired) electrons. The Morgan fingerprint density at radius 3 is 2.59 bits per heavy atom. The fourth-order valence-electron chi connectivity index (χ4n) is 2.16. The van der Waals surface area contributed by atoms with Crippen LogP contribution in [0.3, 0.4) is 0 Å². The number of non-ortho nitro benzene ring substituents is 1. The molecule has 1 N–H and O–H groups in total. The first-order chi connectivity index (χ1) is 10.1. The number of nitrogens with one attached hydrogen (secondary N) is 1. The molecule has 1 atom stereocenters. The van der Waals surface area contributed by atoms with Crippen LogP contribution in [0.1, 0.15) is 6.42 Å². The van der Waals surface area contributed by atoms with Crippen molar-refractivity contribution in [3.8, 4) is 5.75 Å². The van der Waals surface area contributed by atoms with Crippen molar-refractivity contribution in [2.45, 2.75) is 17.4 Å². The van der Waals surface area contributed by atoms with Crippen LogP contribution in [0.2, 0.25) is 0 Å². The summed E-state index contributed by atoms with van der Waals surface area (Å²) < 4.78 is 54.6. The average Bonchev–Trinajstić information content (AvgIpc) is 2.76. The van der Waals surface area contributed by atoms with Crippen molar-refractivity contribution in [2.75, 3.05) is 18.6 Å². The SMILES string of the molecule is COc1ccc([N+](=O)[O-])cc1S(=O)(=O)N[C@H]1CCS(=O)(=O)C1. The lowest BCUT2D eigenvalue weighted by Gasteiger charge is -2.13. The lowest BCUT2D eigenvalue weighted by atomic mass is 10.3. The van der Waals surface area contributed by atoms with E-state index in [1.807, 2.05) is 0 Å². The molecule has 2 rings (SSSR count). The molecule has 0 saturated carbocycles. The number of hydrogen-bond acceptors (Lipinski definition) is 7. The van der Waals surface area contributed by atoms with Crippen LogP contribution in [0.4, 0.5) is 5.69 Å². The summed E-state index contributed by atoms with van der Waals surface area (Å²) in [4.78, 5) is 9.66. The zero-order valence-corrected chi connectivity index (χ0v) is 13.2. The molecule has 1 fully saturated rings. The summed E-state index contributed by atoms with van der Waals surface area (Å²) in [6.45, 7) is 0. The summed E-state index contributed by atoms with van der Waals surface area (Å²) in [7, 11) is -6.15. The summed E-state index contributed by atoms with van der Waals surface area (Å²) in [5, 5.41) is 10.8. The third kappa shape index (κ3) is 3.54. The fraction of sp³-hybridized carbons (Fsp3) is 0.455. The topological polar surface area (TPSA) is 133 Å². The molecule has 0 bridgehead atoms. The Kier molecular flexibility index (Phi) is 4.40. The van der Waals surface area contributed by atoms with Gasteiger partial charge >= 0.3 is 0 Å². The Balaban J connectivity index is 2.36. The molecule has 1 aliphatic heterocycles. The highest BCUT2D eigenvalue weighted by atomic mass is 32.2. The molecule has 22 heavy (non-hydrogen) atoms. The molecule has 0 unspecified atom stereocenters. The first-order valence-electron chi connectivity index (χ1n) is 6.20. The maximum Gasteiger partial charge on any atom is 0.271 e. The number of benzene rings is 1. The van der Waals surface area contributed by atoms with E-state index in [2.05, 4.69) is 4.72 Å². The van der Waals surface area contributed by atoms with E-state index in [4.69, 9.17) is 4.74 Å². The van der Waals surface area contributed by atoms with Gasteiger partial charge in [0, 0.05) is 18.2 Å². The highest BCUT2D eigenvalue weighted by Gasteiger charge is 2.33. The van der Waals surface area contributed by atoms with Gasteiger partial charge in [-0.2, -0.15) is 0 Å². The van der Waals surface area contributed by atoms with Crippen molar-refractivity contribution in [3.63, 3.8) is 0 Å². The molecule has 122 valence electrons. The Labute approximate surface area is 127 Å². The van der Waals surface area contributed by atoms with Crippen LogP contribution in [0, 0.1) is 10.1 Å². The second kappa shape index (κ2) is 5.82. The number of nitrogens with zero attached hydrogens (tertiary/aromatic N) is 1. The van der Waals surface area contributed by atoms with E-state index in [0.29, 0.717) is 0 Å². The maximum atomic E-state index is 12.3. The van der Waals surface area contributed by atoms with Gasteiger partial charge in [-0.25, -0.2) is 21.6 Å². The number of nitro benzene ring substituents is 1. The van der Waals surface area contributed by atoms with Crippen molar-refractivity contribution >= 4 is 25.5 Å². The van der Waals surface area contributed by atoms with E-state index >= 15 is 0 Å². The van der Waals surface area contributed by atoms with Crippen molar-refractivity contribution in [1.82, 2.24) is 4.72 Å². The number of hydrogen-bond donors (Lipinski definition) is 1. The minimum absolute atomic E-state index is 0.0565. The summed E-state index contributed by atoms with van der Waals surface area (Å²) >= 11 is 0. The van der Waals surface area contributed by atoms with Gasteiger partial charge in [0.2, 0.25) is 10.0 Å².